The molecule has 2 rings (SSSR count). The summed E-state index contributed by atoms with van der Waals surface area (Å²) in [4.78, 5) is 3.94. The Kier molecular flexibility index (Phi) is 4.12. The van der Waals surface area contributed by atoms with E-state index in [-0.39, 0.29) is 4.21 Å². The average molecular weight is 363 g/mol. The first-order valence-electron chi connectivity index (χ1n) is 5.21. The van der Waals surface area contributed by atoms with Crippen LogP contribution in [0.5, 0.6) is 5.75 Å². The molecule has 0 radical (unpaired) electrons. The molecule has 0 aliphatic heterocycles. The van der Waals surface area contributed by atoms with Gasteiger partial charge in [0, 0.05) is 10.5 Å². The summed E-state index contributed by atoms with van der Waals surface area (Å²) in [5, 5.41) is 0.699. The van der Waals surface area contributed by atoms with E-state index in [1.807, 2.05) is 0 Å². The summed E-state index contributed by atoms with van der Waals surface area (Å²) in [5.74, 6) is 0.571. The van der Waals surface area contributed by atoms with Gasteiger partial charge in [-0.15, -0.1) is 11.3 Å². The van der Waals surface area contributed by atoms with Gasteiger partial charge >= 0.3 is 0 Å². The molecule has 0 saturated carbocycles. The summed E-state index contributed by atoms with van der Waals surface area (Å²) in [6.07, 6.45) is 1.34. The first-order valence-corrected chi connectivity index (χ1v) is 8.30. The van der Waals surface area contributed by atoms with Crippen LogP contribution in [0.25, 0.3) is 0 Å². The zero-order valence-corrected chi connectivity index (χ0v) is 13.4. The Bertz CT molecular complexity index is 698. The molecule has 1 aromatic carbocycles. The molecule has 5 nitrogen and oxygen atoms in total. The lowest BCUT2D eigenvalue weighted by Gasteiger charge is -2.09. The van der Waals surface area contributed by atoms with Crippen LogP contribution in [-0.2, 0) is 10.0 Å². The van der Waals surface area contributed by atoms with Gasteiger partial charge in [0.15, 0.2) is 4.21 Å². The van der Waals surface area contributed by atoms with E-state index in [0.717, 1.165) is 11.3 Å². The van der Waals surface area contributed by atoms with Crippen LogP contribution in [0.2, 0.25) is 0 Å². The molecule has 0 aliphatic rings. The van der Waals surface area contributed by atoms with E-state index in [9.17, 15) is 8.42 Å². The van der Waals surface area contributed by atoms with Crippen molar-refractivity contribution in [3.8, 4) is 5.75 Å². The van der Waals surface area contributed by atoms with Crippen LogP contribution in [0.15, 0.2) is 33.1 Å². The Labute approximate surface area is 123 Å². The Morgan fingerprint density at radius 1 is 1.42 bits per heavy atom. The number of halogens is 1. The molecule has 0 fully saturated rings. The largest absolute Gasteiger partial charge is 0.497 e. The van der Waals surface area contributed by atoms with Gasteiger partial charge in [-0.1, -0.05) is 0 Å². The van der Waals surface area contributed by atoms with Gasteiger partial charge in [-0.3, -0.25) is 4.72 Å². The van der Waals surface area contributed by atoms with Crippen LogP contribution >= 0.6 is 27.3 Å². The molecule has 0 atom stereocenters. The van der Waals surface area contributed by atoms with Crippen molar-refractivity contribution in [3.63, 3.8) is 0 Å². The lowest BCUT2D eigenvalue weighted by molar-refractivity contribution is 0.415. The first kappa shape index (κ1) is 14.3. The van der Waals surface area contributed by atoms with E-state index in [4.69, 9.17) is 4.74 Å². The smallest absolute Gasteiger partial charge is 0.273 e. The lowest BCUT2D eigenvalue weighted by atomic mass is 10.3. The minimum atomic E-state index is -3.62. The summed E-state index contributed by atoms with van der Waals surface area (Å²) >= 11 is 4.42. The Hall–Kier alpha value is -1.12. The van der Waals surface area contributed by atoms with Crippen LogP contribution in [0.4, 0.5) is 5.69 Å². The van der Waals surface area contributed by atoms with Crippen molar-refractivity contribution in [2.45, 2.75) is 11.1 Å². The predicted molar refractivity (Wildman–Crippen MR) is 78.4 cm³/mol. The molecule has 19 heavy (non-hydrogen) atoms. The number of aryl methyl sites for hydroxylation is 1. The standard InChI is InChI=1S/C11H11BrN2O3S2/c1-7-13-6-11(18-7)19(15,16)14-10-5-8(17-2)3-4-9(10)12/h3-6,14H,1-2H3. The number of anilines is 1. The average Bonchev–Trinajstić information content (AvgIpc) is 2.79. The Morgan fingerprint density at radius 2 is 2.16 bits per heavy atom. The predicted octanol–water partition coefficient (Wildman–Crippen LogP) is 3.02. The number of benzene rings is 1. The summed E-state index contributed by atoms with van der Waals surface area (Å²) in [5.41, 5.74) is 0.422. The summed E-state index contributed by atoms with van der Waals surface area (Å²) in [6.45, 7) is 1.76. The number of nitrogens with zero attached hydrogens (tertiary/aromatic N) is 1. The number of hydrogen-bond donors (Lipinski definition) is 1. The van der Waals surface area contributed by atoms with E-state index in [1.54, 1.807) is 25.1 Å². The van der Waals surface area contributed by atoms with E-state index in [1.165, 1.54) is 13.3 Å². The number of methoxy groups -OCH3 is 1. The highest BCUT2D eigenvalue weighted by Gasteiger charge is 2.18. The van der Waals surface area contributed by atoms with Gasteiger partial charge in [-0.2, -0.15) is 0 Å². The highest BCUT2D eigenvalue weighted by molar-refractivity contribution is 9.10. The molecule has 102 valence electrons. The van der Waals surface area contributed by atoms with Gasteiger partial charge in [-0.05, 0) is 35.0 Å². The van der Waals surface area contributed by atoms with Gasteiger partial charge in [0.25, 0.3) is 10.0 Å². The maximum atomic E-state index is 12.2. The Balaban J connectivity index is 2.35. The maximum Gasteiger partial charge on any atom is 0.273 e. The SMILES string of the molecule is COc1ccc(Br)c(NS(=O)(=O)c2cnc(C)s2)c1. The number of nitrogens with one attached hydrogen (secondary N) is 1. The first-order chi connectivity index (χ1) is 8.92. The second kappa shape index (κ2) is 5.48. The van der Waals surface area contributed by atoms with Crippen LogP contribution in [0, 0.1) is 6.92 Å². The molecular formula is C11H11BrN2O3S2. The molecule has 1 aromatic heterocycles. The molecule has 1 heterocycles. The molecule has 2 aromatic rings. The molecule has 1 N–H and O–H groups in total. The third-order valence-corrected chi connectivity index (χ3v) is 5.71. The fraction of sp³-hybridized carbons (Fsp3) is 0.182. The van der Waals surface area contributed by atoms with Crippen molar-refractivity contribution in [3.05, 3.63) is 33.9 Å². The van der Waals surface area contributed by atoms with Crippen LogP contribution < -0.4 is 9.46 Å². The van der Waals surface area contributed by atoms with Gasteiger partial charge < -0.3 is 4.74 Å². The second-order valence-corrected chi connectivity index (χ2v) is 7.65. The minimum Gasteiger partial charge on any atom is -0.497 e. The van der Waals surface area contributed by atoms with Crippen molar-refractivity contribution in [2.75, 3.05) is 11.8 Å². The van der Waals surface area contributed by atoms with Crippen molar-refractivity contribution in [2.24, 2.45) is 0 Å². The number of sulfonamides is 1. The van der Waals surface area contributed by atoms with Gasteiger partial charge in [0.05, 0.1) is 24.0 Å². The van der Waals surface area contributed by atoms with Gasteiger partial charge in [0.1, 0.15) is 5.75 Å². The van der Waals surface area contributed by atoms with E-state index in [2.05, 4.69) is 25.6 Å². The fourth-order valence-corrected chi connectivity index (χ4v) is 4.03. The number of thiazole rings is 1. The normalized spacial score (nSPS) is 11.3. The summed E-state index contributed by atoms with van der Waals surface area (Å²) in [6, 6.07) is 5.06. The Morgan fingerprint density at radius 3 is 2.74 bits per heavy atom. The van der Waals surface area contributed by atoms with Crippen molar-refractivity contribution >= 4 is 43.0 Å². The van der Waals surface area contributed by atoms with Crippen molar-refractivity contribution < 1.29 is 13.2 Å². The summed E-state index contributed by atoms with van der Waals surface area (Å²) < 4.78 is 32.7. The summed E-state index contributed by atoms with van der Waals surface area (Å²) in [7, 11) is -2.10. The number of hydrogen-bond acceptors (Lipinski definition) is 5. The van der Waals surface area contributed by atoms with Crippen molar-refractivity contribution in [1.82, 2.24) is 4.98 Å². The quantitative estimate of drug-likeness (QED) is 0.907. The number of ether oxygens (including phenoxy) is 1. The third kappa shape index (κ3) is 3.26. The molecule has 0 bridgehead atoms. The molecular weight excluding hydrogens is 352 g/mol. The monoisotopic (exact) mass is 362 g/mol. The molecule has 0 unspecified atom stereocenters. The highest BCUT2D eigenvalue weighted by Crippen LogP contribution is 2.30. The molecule has 0 aliphatic carbocycles. The topological polar surface area (TPSA) is 68.3 Å². The van der Waals surface area contributed by atoms with Crippen LogP contribution in [0.1, 0.15) is 5.01 Å². The van der Waals surface area contributed by atoms with E-state index >= 15 is 0 Å². The number of rotatable bonds is 4. The lowest BCUT2D eigenvalue weighted by Crippen LogP contribution is -2.12. The van der Waals surface area contributed by atoms with Crippen molar-refractivity contribution in [1.29, 1.82) is 0 Å². The second-order valence-electron chi connectivity index (χ2n) is 3.65. The maximum absolute atomic E-state index is 12.2. The van der Waals surface area contributed by atoms with E-state index < -0.39 is 10.0 Å². The number of aromatic nitrogens is 1. The van der Waals surface area contributed by atoms with E-state index in [0.29, 0.717) is 20.9 Å². The molecule has 0 saturated heterocycles. The molecule has 8 heteroatoms. The van der Waals surface area contributed by atoms with Crippen LogP contribution in [-0.4, -0.2) is 20.5 Å². The fourth-order valence-electron chi connectivity index (χ4n) is 1.37. The van der Waals surface area contributed by atoms with Gasteiger partial charge in [0.2, 0.25) is 0 Å². The minimum absolute atomic E-state index is 0.180. The highest BCUT2D eigenvalue weighted by atomic mass is 79.9. The third-order valence-electron chi connectivity index (χ3n) is 2.28. The molecule has 0 amide bonds. The molecule has 0 spiro atoms. The zero-order chi connectivity index (χ0) is 14.0. The van der Waals surface area contributed by atoms with Crippen LogP contribution in [0.3, 0.4) is 0 Å². The zero-order valence-electron chi connectivity index (χ0n) is 10.2. The van der Waals surface area contributed by atoms with Gasteiger partial charge in [-0.25, -0.2) is 13.4 Å².